The summed E-state index contributed by atoms with van der Waals surface area (Å²) < 4.78 is 1.93. The summed E-state index contributed by atoms with van der Waals surface area (Å²) in [6.45, 7) is 4.03. The van der Waals surface area contributed by atoms with Crippen molar-refractivity contribution >= 4 is 33.1 Å². The van der Waals surface area contributed by atoms with E-state index in [1.54, 1.807) is 18.3 Å². The molecule has 16 heavy (non-hydrogen) atoms. The van der Waals surface area contributed by atoms with E-state index in [2.05, 4.69) is 20.9 Å². The van der Waals surface area contributed by atoms with Crippen LogP contribution in [0.15, 0.2) is 22.9 Å². The second kappa shape index (κ2) is 3.90. The van der Waals surface area contributed by atoms with E-state index < -0.39 is 6.09 Å². The van der Waals surface area contributed by atoms with Gasteiger partial charge in [-0.1, -0.05) is 13.8 Å². The SMILES string of the molecule is CC(C)c1cn(C(=O)O)c2ccc(Br)nc12. The van der Waals surface area contributed by atoms with Gasteiger partial charge in [0.2, 0.25) is 0 Å². The summed E-state index contributed by atoms with van der Waals surface area (Å²) in [5, 5.41) is 9.07. The Morgan fingerprint density at radius 1 is 1.50 bits per heavy atom. The summed E-state index contributed by atoms with van der Waals surface area (Å²) in [5.74, 6) is 0.241. The van der Waals surface area contributed by atoms with E-state index in [-0.39, 0.29) is 5.92 Å². The van der Waals surface area contributed by atoms with E-state index in [0.29, 0.717) is 10.1 Å². The summed E-state index contributed by atoms with van der Waals surface area (Å²) in [4.78, 5) is 15.4. The first-order chi connectivity index (χ1) is 7.50. The Kier molecular flexibility index (Phi) is 2.71. The van der Waals surface area contributed by atoms with Crippen molar-refractivity contribution in [3.8, 4) is 0 Å². The topological polar surface area (TPSA) is 55.1 Å². The predicted molar refractivity (Wildman–Crippen MR) is 64.9 cm³/mol. The molecule has 0 aliphatic carbocycles. The van der Waals surface area contributed by atoms with E-state index in [4.69, 9.17) is 5.11 Å². The third kappa shape index (κ3) is 1.71. The number of fused-ring (bicyclic) bond motifs is 1. The molecule has 0 saturated carbocycles. The molecule has 0 aliphatic heterocycles. The monoisotopic (exact) mass is 282 g/mol. The molecule has 0 aliphatic rings. The number of hydrogen-bond donors (Lipinski definition) is 1. The van der Waals surface area contributed by atoms with E-state index >= 15 is 0 Å². The first-order valence-corrected chi connectivity index (χ1v) is 5.71. The Bertz CT molecular complexity index is 560. The van der Waals surface area contributed by atoms with Gasteiger partial charge in [-0.25, -0.2) is 9.78 Å². The Morgan fingerprint density at radius 2 is 2.19 bits per heavy atom. The van der Waals surface area contributed by atoms with Gasteiger partial charge in [-0.3, -0.25) is 4.57 Å². The largest absolute Gasteiger partial charge is 0.464 e. The maximum atomic E-state index is 11.1. The Labute approximate surface area is 101 Å². The molecular weight excluding hydrogens is 272 g/mol. The van der Waals surface area contributed by atoms with Crippen molar-refractivity contribution in [2.75, 3.05) is 0 Å². The van der Waals surface area contributed by atoms with Crippen LogP contribution in [0.4, 0.5) is 4.79 Å². The molecule has 5 heteroatoms. The molecule has 84 valence electrons. The highest BCUT2D eigenvalue weighted by Crippen LogP contribution is 2.27. The molecule has 0 bridgehead atoms. The van der Waals surface area contributed by atoms with Crippen LogP contribution in [0.25, 0.3) is 11.0 Å². The minimum absolute atomic E-state index is 0.241. The van der Waals surface area contributed by atoms with Gasteiger partial charge in [0, 0.05) is 6.20 Å². The fourth-order valence-electron chi connectivity index (χ4n) is 1.69. The molecule has 2 rings (SSSR count). The van der Waals surface area contributed by atoms with Gasteiger partial charge in [0.1, 0.15) is 4.60 Å². The molecule has 0 amide bonds. The number of carboxylic acid groups (broad SMARTS) is 1. The van der Waals surface area contributed by atoms with Crippen molar-refractivity contribution < 1.29 is 9.90 Å². The van der Waals surface area contributed by atoms with Crippen molar-refractivity contribution in [3.63, 3.8) is 0 Å². The minimum Gasteiger partial charge on any atom is -0.464 e. The third-order valence-corrected chi connectivity index (χ3v) is 2.91. The number of pyridine rings is 1. The van der Waals surface area contributed by atoms with E-state index in [0.717, 1.165) is 11.1 Å². The molecular formula is C11H11BrN2O2. The summed E-state index contributed by atoms with van der Waals surface area (Å²) in [6.07, 6.45) is 0.651. The molecule has 0 atom stereocenters. The average Bonchev–Trinajstić information content (AvgIpc) is 2.56. The summed E-state index contributed by atoms with van der Waals surface area (Å²) in [7, 11) is 0. The second-order valence-corrected chi connectivity index (χ2v) is 4.71. The van der Waals surface area contributed by atoms with Crippen LogP contribution in [0, 0.1) is 0 Å². The first-order valence-electron chi connectivity index (χ1n) is 4.91. The number of rotatable bonds is 1. The standard InChI is InChI=1S/C11H11BrN2O2/c1-6(2)7-5-14(11(15)16)8-3-4-9(12)13-10(7)8/h3-6H,1-2H3,(H,15,16). The summed E-state index contributed by atoms with van der Waals surface area (Å²) in [5.41, 5.74) is 2.31. The lowest BCUT2D eigenvalue weighted by molar-refractivity contribution is 0.197. The zero-order valence-electron chi connectivity index (χ0n) is 8.94. The smallest absolute Gasteiger partial charge is 0.416 e. The van der Waals surface area contributed by atoms with Crippen molar-refractivity contribution in [2.24, 2.45) is 0 Å². The van der Waals surface area contributed by atoms with Crippen molar-refractivity contribution in [3.05, 3.63) is 28.5 Å². The van der Waals surface area contributed by atoms with Crippen LogP contribution in [0.1, 0.15) is 25.3 Å². The van der Waals surface area contributed by atoms with Gasteiger partial charge >= 0.3 is 6.09 Å². The van der Waals surface area contributed by atoms with E-state index in [1.807, 2.05) is 13.8 Å². The molecule has 2 aromatic rings. The fourth-order valence-corrected chi connectivity index (χ4v) is 1.99. The summed E-state index contributed by atoms with van der Waals surface area (Å²) in [6, 6.07) is 3.50. The average molecular weight is 283 g/mol. The molecule has 4 nitrogen and oxygen atoms in total. The normalized spacial score (nSPS) is 11.2. The van der Waals surface area contributed by atoms with Crippen LogP contribution in [-0.2, 0) is 0 Å². The Hall–Kier alpha value is -1.36. The molecule has 0 radical (unpaired) electrons. The highest BCUT2D eigenvalue weighted by Gasteiger charge is 2.15. The number of hydrogen-bond acceptors (Lipinski definition) is 2. The van der Waals surface area contributed by atoms with Crippen molar-refractivity contribution in [1.82, 2.24) is 9.55 Å². The number of aromatic nitrogens is 2. The van der Waals surface area contributed by atoms with Crippen LogP contribution >= 0.6 is 15.9 Å². The molecule has 2 aromatic heterocycles. The second-order valence-electron chi connectivity index (χ2n) is 3.89. The molecule has 0 fully saturated rings. The highest BCUT2D eigenvalue weighted by atomic mass is 79.9. The van der Waals surface area contributed by atoms with Gasteiger partial charge in [0.05, 0.1) is 11.0 Å². The molecule has 0 unspecified atom stereocenters. The Morgan fingerprint density at radius 3 is 2.75 bits per heavy atom. The quantitative estimate of drug-likeness (QED) is 0.815. The van der Waals surface area contributed by atoms with Gasteiger partial charge in [-0.05, 0) is 39.5 Å². The van der Waals surface area contributed by atoms with E-state index in [1.165, 1.54) is 4.57 Å². The lowest BCUT2D eigenvalue weighted by Gasteiger charge is -2.00. The molecule has 1 N–H and O–H groups in total. The zero-order valence-corrected chi connectivity index (χ0v) is 10.5. The Balaban J connectivity index is 2.81. The molecule has 0 saturated heterocycles. The van der Waals surface area contributed by atoms with Crippen LogP contribution in [0.3, 0.4) is 0 Å². The van der Waals surface area contributed by atoms with Crippen molar-refractivity contribution in [1.29, 1.82) is 0 Å². The van der Waals surface area contributed by atoms with Gasteiger partial charge < -0.3 is 5.11 Å². The number of halogens is 1. The van der Waals surface area contributed by atoms with Gasteiger partial charge in [-0.2, -0.15) is 0 Å². The van der Waals surface area contributed by atoms with Crippen LogP contribution in [-0.4, -0.2) is 20.8 Å². The lowest BCUT2D eigenvalue weighted by Crippen LogP contribution is -2.05. The number of nitrogens with zero attached hydrogens (tertiary/aromatic N) is 2. The van der Waals surface area contributed by atoms with Crippen LogP contribution < -0.4 is 0 Å². The van der Waals surface area contributed by atoms with Gasteiger partial charge in [-0.15, -0.1) is 0 Å². The minimum atomic E-state index is -0.985. The first kappa shape index (κ1) is 11.1. The van der Waals surface area contributed by atoms with Gasteiger partial charge in [0.15, 0.2) is 0 Å². The molecule has 0 aromatic carbocycles. The predicted octanol–water partition coefficient (Wildman–Crippen LogP) is 3.45. The highest BCUT2D eigenvalue weighted by molar-refractivity contribution is 9.10. The third-order valence-electron chi connectivity index (χ3n) is 2.47. The van der Waals surface area contributed by atoms with E-state index in [9.17, 15) is 4.79 Å². The zero-order chi connectivity index (χ0) is 11.9. The van der Waals surface area contributed by atoms with Crippen LogP contribution in [0.5, 0.6) is 0 Å². The maximum Gasteiger partial charge on any atom is 0.416 e. The maximum absolute atomic E-state index is 11.1. The lowest BCUT2D eigenvalue weighted by atomic mass is 10.1. The van der Waals surface area contributed by atoms with Crippen LogP contribution in [0.2, 0.25) is 0 Å². The molecule has 0 spiro atoms. The fraction of sp³-hybridized carbons (Fsp3) is 0.273. The molecule has 2 heterocycles. The number of carbonyl (C=O) groups is 1. The summed E-state index contributed by atoms with van der Waals surface area (Å²) >= 11 is 3.29. The van der Waals surface area contributed by atoms with Gasteiger partial charge in [0.25, 0.3) is 0 Å². The van der Waals surface area contributed by atoms with Crippen molar-refractivity contribution in [2.45, 2.75) is 19.8 Å².